The molecule has 3 N–H and O–H groups in total. The van der Waals surface area contributed by atoms with Gasteiger partial charge in [0.1, 0.15) is 12.2 Å². The van der Waals surface area contributed by atoms with Gasteiger partial charge in [0.2, 0.25) is 0 Å². The Balaban J connectivity index is 4.12. The highest BCUT2D eigenvalue weighted by Crippen LogP contribution is 2.43. The van der Waals surface area contributed by atoms with Gasteiger partial charge in [0, 0.05) is 13.0 Å². The fraction of sp³-hybridized carbons (Fsp3) is 0.848. The molecule has 0 saturated carbocycles. The van der Waals surface area contributed by atoms with Gasteiger partial charge in [-0.1, -0.05) is 192 Å². The highest BCUT2D eigenvalue weighted by atomic mass is 31.2. The van der Waals surface area contributed by atoms with Crippen LogP contribution in [-0.2, 0) is 27.9 Å². The molecule has 56 heavy (non-hydrogen) atoms. The number of aliphatic hydroxyl groups excluding tert-OH is 2. The van der Waals surface area contributed by atoms with Gasteiger partial charge in [0.15, 0.2) is 0 Å². The van der Waals surface area contributed by atoms with Crippen LogP contribution in [0.4, 0.5) is 0 Å². The monoisotopic (exact) mass is 815 g/mol. The topological polar surface area (TPSA) is 132 Å². The van der Waals surface area contributed by atoms with Crippen LogP contribution in [0.3, 0.4) is 0 Å². The van der Waals surface area contributed by atoms with E-state index >= 15 is 0 Å². The normalized spacial score (nSPS) is 14.3. The van der Waals surface area contributed by atoms with Crippen LogP contribution in [-0.4, -0.2) is 66.3 Å². The van der Waals surface area contributed by atoms with Crippen LogP contribution in [0.25, 0.3) is 0 Å². The Labute approximate surface area is 344 Å². The van der Waals surface area contributed by atoms with Crippen LogP contribution < -0.4 is 0 Å². The van der Waals surface area contributed by atoms with Crippen LogP contribution in [0.2, 0.25) is 0 Å². The van der Waals surface area contributed by atoms with E-state index in [1.165, 1.54) is 122 Å². The minimum Gasteiger partial charge on any atom is -0.457 e. The van der Waals surface area contributed by atoms with Gasteiger partial charge < -0.3 is 24.6 Å². The van der Waals surface area contributed by atoms with Crippen molar-refractivity contribution < 1.29 is 43.0 Å². The van der Waals surface area contributed by atoms with Crippen LogP contribution in [0, 0.1) is 0 Å². The standard InChI is InChI=1S/C46H87O9P/c1-3-5-7-9-11-13-15-17-19-21-22-23-24-26-28-30-32-34-36-38-46(49)55-45(43-54-56(50,51)53-41-44(48)40-47)42-52-39-37-35-33-31-29-27-25-20-18-16-14-12-10-8-6-4-2/h6,8,12,14,18,20,44-45,47-48H,3-5,7,9-11,13,15-17,19,21-43H2,1-2H3,(H,50,51)/b8-6-,14-12-,20-18-. The van der Waals surface area contributed by atoms with Gasteiger partial charge in [-0.05, 0) is 44.9 Å². The summed E-state index contributed by atoms with van der Waals surface area (Å²) in [5, 5.41) is 18.4. The van der Waals surface area contributed by atoms with Gasteiger partial charge in [-0.25, -0.2) is 4.57 Å². The van der Waals surface area contributed by atoms with Gasteiger partial charge in [-0.2, -0.15) is 0 Å². The Morgan fingerprint density at radius 3 is 1.54 bits per heavy atom. The first kappa shape index (κ1) is 54.7. The number of rotatable bonds is 44. The van der Waals surface area contributed by atoms with Gasteiger partial charge in [0.05, 0.1) is 26.4 Å². The number of aliphatic hydroxyl groups is 2. The average Bonchev–Trinajstić information content (AvgIpc) is 3.19. The van der Waals surface area contributed by atoms with Gasteiger partial charge in [-0.15, -0.1) is 0 Å². The number of phosphoric acid groups is 1. The second-order valence-corrected chi connectivity index (χ2v) is 16.9. The van der Waals surface area contributed by atoms with E-state index in [0.717, 1.165) is 64.2 Å². The maximum absolute atomic E-state index is 12.6. The fourth-order valence-electron chi connectivity index (χ4n) is 6.37. The number of phosphoric ester groups is 1. The zero-order valence-electron chi connectivity index (χ0n) is 36.1. The summed E-state index contributed by atoms with van der Waals surface area (Å²) < 4.78 is 33.4. The minimum absolute atomic E-state index is 0.0428. The summed E-state index contributed by atoms with van der Waals surface area (Å²) in [5.74, 6) is -0.385. The van der Waals surface area contributed by atoms with E-state index in [-0.39, 0.29) is 25.6 Å². The highest BCUT2D eigenvalue weighted by Gasteiger charge is 2.26. The van der Waals surface area contributed by atoms with Crippen LogP contribution in [0.1, 0.15) is 206 Å². The second-order valence-electron chi connectivity index (χ2n) is 15.4. The Morgan fingerprint density at radius 2 is 1.02 bits per heavy atom. The lowest BCUT2D eigenvalue weighted by Crippen LogP contribution is -2.29. The van der Waals surface area contributed by atoms with Crippen LogP contribution in [0.5, 0.6) is 0 Å². The molecule has 0 rings (SSSR count). The molecule has 0 aliphatic carbocycles. The predicted octanol–water partition coefficient (Wildman–Crippen LogP) is 12.8. The Bertz CT molecular complexity index is 970. The molecule has 0 heterocycles. The van der Waals surface area contributed by atoms with Gasteiger partial charge in [-0.3, -0.25) is 13.8 Å². The van der Waals surface area contributed by atoms with Crippen molar-refractivity contribution in [3.63, 3.8) is 0 Å². The first-order valence-electron chi connectivity index (χ1n) is 23.0. The first-order chi connectivity index (χ1) is 27.3. The van der Waals surface area contributed by atoms with Crippen LogP contribution >= 0.6 is 7.82 Å². The molecule has 330 valence electrons. The number of carbonyl (C=O) groups is 1. The third-order valence-corrected chi connectivity index (χ3v) is 10.8. The van der Waals surface area contributed by atoms with Crippen molar-refractivity contribution in [3.8, 4) is 0 Å². The van der Waals surface area contributed by atoms with Gasteiger partial charge in [0.25, 0.3) is 0 Å². The fourth-order valence-corrected chi connectivity index (χ4v) is 7.16. The van der Waals surface area contributed by atoms with E-state index in [0.29, 0.717) is 6.61 Å². The molecule has 0 radical (unpaired) electrons. The lowest BCUT2D eigenvalue weighted by molar-refractivity contribution is -0.154. The van der Waals surface area contributed by atoms with Crippen molar-refractivity contribution in [1.82, 2.24) is 0 Å². The second kappa shape index (κ2) is 43.3. The van der Waals surface area contributed by atoms with Crippen molar-refractivity contribution in [1.29, 1.82) is 0 Å². The van der Waals surface area contributed by atoms with Gasteiger partial charge >= 0.3 is 13.8 Å². The number of ether oxygens (including phenoxy) is 2. The molecule has 0 saturated heterocycles. The van der Waals surface area contributed by atoms with E-state index in [1.807, 2.05) is 0 Å². The van der Waals surface area contributed by atoms with E-state index in [1.54, 1.807) is 0 Å². The lowest BCUT2D eigenvalue weighted by atomic mass is 10.0. The SMILES string of the molecule is CC/C=C\C/C=C\C/C=C\CCCCCCCCOCC(COP(=O)(O)OCC(O)CO)OC(=O)CCCCCCCCCCCCCCCCCCCCC. The van der Waals surface area contributed by atoms with E-state index in [4.69, 9.17) is 23.6 Å². The number of hydrogen-bond donors (Lipinski definition) is 3. The third-order valence-electron chi connectivity index (χ3n) is 9.84. The summed E-state index contributed by atoms with van der Waals surface area (Å²) >= 11 is 0. The maximum Gasteiger partial charge on any atom is 0.472 e. The zero-order chi connectivity index (χ0) is 41.1. The summed E-state index contributed by atoms with van der Waals surface area (Å²) in [5.41, 5.74) is 0. The summed E-state index contributed by atoms with van der Waals surface area (Å²) in [6.45, 7) is 3.41. The Kier molecular flexibility index (Phi) is 42.2. The molecule has 0 aliphatic rings. The van der Waals surface area contributed by atoms with Crippen molar-refractivity contribution in [2.75, 3.05) is 33.0 Å². The largest absolute Gasteiger partial charge is 0.472 e. The Morgan fingerprint density at radius 1 is 0.571 bits per heavy atom. The van der Waals surface area contributed by atoms with Crippen LogP contribution in [0.15, 0.2) is 36.5 Å². The molecule has 0 fully saturated rings. The summed E-state index contributed by atoms with van der Waals surface area (Å²) in [4.78, 5) is 22.6. The molecule has 0 spiro atoms. The zero-order valence-corrected chi connectivity index (χ0v) is 37.0. The minimum atomic E-state index is -4.52. The summed E-state index contributed by atoms with van der Waals surface area (Å²) in [7, 11) is -4.52. The molecule has 3 unspecified atom stereocenters. The molecule has 0 aromatic heterocycles. The highest BCUT2D eigenvalue weighted by molar-refractivity contribution is 7.47. The van der Waals surface area contributed by atoms with Crippen molar-refractivity contribution in [3.05, 3.63) is 36.5 Å². The average molecular weight is 815 g/mol. The lowest BCUT2D eigenvalue weighted by Gasteiger charge is -2.20. The number of unbranched alkanes of at least 4 members (excludes halogenated alkanes) is 24. The van der Waals surface area contributed by atoms with Crippen molar-refractivity contribution in [2.45, 2.75) is 219 Å². The molecule has 0 aliphatic heterocycles. The molecule has 0 amide bonds. The van der Waals surface area contributed by atoms with Crippen molar-refractivity contribution >= 4 is 13.8 Å². The molecular weight excluding hydrogens is 727 g/mol. The maximum atomic E-state index is 12.6. The number of allylic oxidation sites excluding steroid dienone is 6. The van der Waals surface area contributed by atoms with Crippen molar-refractivity contribution in [2.24, 2.45) is 0 Å². The van der Waals surface area contributed by atoms with E-state index in [2.05, 4.69) is 50.3 Å². The first-order valence-corrected chi connectivity index (χ1v) is 24.5. The number of esters is 1. The summed E-state index contributed by atoms with van der Waals surface area (Å²) in [6.07, 6.45) is 46.7. The third kappa shape index (κ3) is 42.3. The molecule has 3 atom stereocenters. The van der Waals surface area contributed by atoms with E-state index < -0.39 is 33.2 Å². The Hall–Kier alpha value is -1.32. The molecule has 0 aromatic rings. The molecule has 0 bridgehead atoms. The predicted molar refractivity (Wildman–Crippen MR) is 233 cm³/mol. The number of hydrogen-bond acceptors (Lipinski definition) is 8. The molecule has 9 nitrogen and oxygen atoms in total. The smallest absolute Gasteiger partial charge is 0.457 e. The van der Waals surface area contributed by atoms with E-state index in [9.17, 15) is 19.4 Å². The molecular formula is C46H87O9P. The number of carbonyl (C=O) groups excluding carboxylic acids is 1. The quantitative estimate of drug-likeness (QED) is 0.0238. The molecule has 0 aromatic carbocycles. The summed E-state index contributed by atoms with van der Waals surface area (Å²) in [6, 6.07) is 0. The molecule has 10 heteroatoms.